The van der Waals surface area contributed by atoms with Crippen molar-refractivity contribution < 1.29 is 0 Å². The molecule has 3 nitrogen and oxygen atoms in total. The van der Waals surface area contributed by atoms with Gasteiger partial charge in [-0.25, -0.2) is 4.98 Å². The zero-order chi connectivity index (χ0) is 13.1. The number of hydrogen-bond acceptors (Lipinski definition) is 4. The first-order valence-corrected chi connectivity index (χ1v) is 7.77. The molecule has 100 valence electrons. The Balaban J connectivity index is 1.74. The van der Waals surface area contributed by atoms with Crippen LogP contribution in [-0.2, 0) is 13.0 Å². The van der Waals surface area contributed by atoms with Crippen molar-refractivity contribution in [2.75, 3.05) is 18.0 Å². The Hall–Kier alpha value is -1.39. The summed E-state index contributed by atoms with van der Waals surface area (Å²) < 4.78 is 0. The van der Waals surface area contributed by atoms with Crippen LogP contribution in [0.2, 0.25) is 0 Å². The fourth-order valence-electron chi connectivity index (χ4n) is 2.43. The second-order valence-electron chi connectivity index (χ2n) is 4.83. The molecule has 0 spiro atoms. The van der Waals surface area contributed by atoms with Crippen molar-refractivity contribution in [3.8, 4) is 0 Å². The second-order valence-corrected chi connectivity index (χ2v) is 5.67. The lowest BCUT2D eigenvalue weighted by molar-refractivity contribution is 0.666. The molecular weight excluding hydrogens is 254 g/mol. The summed E-state index contributed by atoms with van der Waals surface area (Å²) in [6, 6.07) is 8.63. The van der Waals surface area contributed by atoms with E-state index in [0.717, 1.165) is 43.3 Å². The van der Waals surface area contributed by atoms with Gasteiger partial charge in [0.05, 0.1) is 5.69 Å². The minimum atomic E-state index is 0.875. The van der Waals surface area contributed by atoms with Gasteiger partial charge in [-0.3, -0.25) is 0 Å². The Labute approximate surface area is 118 Å². The molecule has 4 heteroatoms. The molecule has 1 aromatic heterocycles. The topological polar surface area (TPSA) is 28.2 Å². The van der Waals surface area contributed by atoms with Gasteiger partial charge in [0.2, 0.25) is 0 Å². The molecule has 0 amide bonds. The first-order chi connectivity index (χ1) is 9.38. The third kappa shape index (κ3) is 2.65. The monoisotopic (exact) mass is 273 g/mol. The van der Waals surface area contributed by atoms with Gasteiger partial charge in [0.15, 0.2) is 5.13 Å². The molecule has 1 N–H and O–H groups in total. The van der Waals surface area contributed by atoms with E-state index >= 15 is 0 Å². The normalized spacial score (nSPS) is 13.8. The molecule has 0 unspecified atom stereocenters. The van der Waals surface area contributed by atoms with Gasteiger partial charge in [-0.05, 0) is 31.0 Å². The van der Waals surface area contributed by atoms with Crippen LogP contribution in [0.25, 0.3) is 0 Å². The number of hydrogen-bond donors (Lipinski definition) is 1. The molecule has 0 atom stereocenters. The lowest BCUT2D eigenvalue weighted by Crippen LogP contribution is -2.15. The van der Waals surface area contributed by atoms with Gasteiger partial charge in [-0.2, -0.15) is 0 Å². The summed E-state index contributed by atoms with van der Waals surface area (Å²) in [5.41, 5.74) is 3.91. The van der Waals surface area contributed by atoms with Crippen LogP contribution >= 0.6 is 11.3 Å². The molecule has 2 heterocycles. The zero-order valence-corrected chi connectivity index (χ0v) is 12.0. The Kier molecular flexibility index (Phi) is 3.80. The van der Waals surface area contributed by atoms with Crippen LogP contribution in [0.3, 0.4) is 0 Å². The van der Waals surface area contributed by atoms with E-state index in [1.807, 2.05) is 0 Å². The summed E-state index contributed by atoms with van der Waals surface area (Å²) in [6.45, 7) is 5.16. The molecule has 1 aliphatic rings. The molecule has 0 fully saturated rings. The smallest absolute Gasteiger partial charge is 0.190 e. The molecule has 3 rings (SSSR count). The highest BCUT2D eigenvalue weighted by Crippen LogP contribution is 2.35. The minimum Gasteiger partial charge on any atom is -0.317 e. The van der Waals surface area contributed by atoms with Gasteiger partial charge in [0.25, 0.3) is 0 Å². The molecule has 0 aliphatic carbocycles. The molecule has 19 heavy (non-hydrogen) atoms. The van der Waals surface area contributed by atoms with Crippen LogP contribution in [0.1, 0.15) is 24.6 Å². The lowest BCUT2D eigenvalue weighted by Gasteiger charge is -2.15. The summed E-state index contributed by atoms with van der Waals surface area (Å²) in [6.07, 6.45) is 2.29. The molecule has 0 bridgehead atoms. The first-order valence-electron chi connectivity index (χ1n) is 6.89. The Morgan fingerprint density at radius 1 is 1.37 bits per heavy atom. The highest BCUT2D eigenvalue weighted by atomic mass is 32.1. The number of nitrogens with zero attached hydrogens (tertiary/aromatic N) is 2. The Morgan fingerprint density at radius 3 is 3.16 bits per heavy atom. The van der Waals surface area contributed by atoms with Crippen molar-refractivity contribution in [2.24, 2.45) is 0 Å². The number of anilines is 2. The number of fused-ring (bicyclic) bond motifs is 1. The van der Waals surface area contributed by atoms with Gasteiger partial charge in [-0.1, -0.05) is 25.1 Å². The average Bonchev–Trinajstić information content (AvgIpc) is 3.05. The summed E-state index contributed by atoms with van der Waals surface area (Å²) in [5, 5.41) is 6.69. The molecule has 1 aromatic carbocycles. The van der Waals surface area contributed by atoms with Crippen molar-refractivity contribution in [1.82, 2.24) is 10.3 Å². The van der Waals surface area contributed by atoms with Crippen LogP contribution in [0.5, 0.6) is 0 Å². The minimum absolute atomic E-state index is 0.875. The largest absolute Gasteiger partial charge is 0.317 e. The third-order valence-electron chi connectivity index (χ3n) is 3.39. The summed E-state index contributed by atoms with van der Waals surface area (Å²) in [4.78, 5) is 7.08. The average molecular weight is 273 g/mol. The molecular formula is C15H19N3S. The van der Waals surface area contributed by atoms with E-state index in [2.05, 4.69) is 46.8 Å². The maximum Gasteiger partial charge on any atom is 0.190 e. The van der Waals surface area contributed by atoms with Crippen molar-refractivity contribution in [3.63, 3.8) is 0 Å². The van der Waals surface area contributed by atoms with E-state index in [-0.39, 0.29) is 0 Å². The quantitative estimate of drug-likeness (QED) is 0.847. The van der Waals surface area contributed by atoms with Crippen LogP contribution in [0.4, 0.5) is 10.8 Å². The van der Waals surface area contributed by atoms with Crippen LogP contribution in [0.15, 0.2) is 29.6 Å². The van der Waals surface area contributed by atoms with Gasteiger partial charge >= 0.3 is 0 Å². The van der Waals surface area contributed by atoms with Gasteiger partial charge in [-0.15, -0.1) is 11.3 Å². The summed E-state index contributed by atoms with van der Waals surface area (Å²) >= 11 is 1.74. The summed E-state index contributed by atoms with van der Waals surface area (Å²) in [5.74, 6) is 0. The maximum atomic E-state index is 4.74. The van der Waals surface area contributed by atoms with E-state index in [9.17, 15) is 0 Å². The van der Waals surface area contributed by atoms with Crippen molar-refractivity contribution in [2.45, 2.75) is 26.3 Å². The Bertz CT molecular complexity index is 550. The SMILES string of the molecule is CCCNCc1csc(N2CCc3ccccc32)n1. The standard InChI is InChI=1S/C15H19N3S/c1-2-8-16-10-13-11-19-15(17-13)18-9-7-12-5-3-4-6-14(12)18/h3-6,11,16H,2,7-10H2,1H3. The van der Waals surface area contributed by atoms with Crippen LogP contribution in [0, 0.1) is 0 Å². The third-order valence-corrected chi connectivity index (χ3v) is 4.30. The van der Waals surface area contributed by atoms with Crippen molar-refractivity contribution in [1.29, 1.82) is 0 Å². The van der Waals surface area contributed by atoms with Gasteiger partial charge in [0, 0.05) is 24.2 Å². The van der Waals surface area contributed by atoms with Gasteiger partial charge < -0.3 is 10.2 Å². The molecule has 0 saturated heterocycles. The maximum absolute atomic E-state index is 4.74. The molecule has 2 aromatic rings. The van der Waals surface area contributed by atoms with Crippen molar-refractivity contribution in [3.05, 3.63) is 40.9 Å². The van der Waals surface area contributed by atoms with Crippen molar-refractivity contribution >= 4 is 22.2 Å². The first kappa shape index (κ1) is 12.6. The van der Waals surface area contributed by atoms with E-state index in [0.29, 0.717) is 0 Å². The number of benzene rings is 1. The van der Waals surface area contributed by atoms with E-state index in [1.54, 1.807) is 11.3 Å². The summed E-state index contributed by atoms with van der Waals surface area (Å²) in [7, 11) is 0. The molecule has 0 radical (unpaired) electrons. The van der Waals surface area contributed by atoms with E-state index in [4.69, 9.17) is 4.98 Å². The number of rotatable bonds is 5. The number of aromatic nitrogens is 1. The van der Waals surface area contributed by atoms with Crippen LogP contribution in [-0.4, -0.2) is 18.1 Å². The number of para-hydroxylation sites is 1. The number of nitrogens with one attached hydrogen (secondary N) is 1. The predicted molar refractivity (Wildman–Crippen MR) is 81.3 cm³/mol. The van der Waals surface area contributed by atoms with Gasteiger partial charge in [0.1, 0.15) is 0 Å². The second kappa shape index (κ2) is 5.72. The predicted octanol–water partition coefficient (Wildman–Crippen LogP) is 3.34. The molecule has 0 saturated carbocycles. The molecule has 1 aliphatic heterocycles. The highest BCUT2D eigenvalue weighted by Gasteiger charge is 2.21. The van der Waals surface area contributed by atoms with E-state index in [1.165, 1.54) is 11.3 Å². The fraction of sp³-hybridized carbons (Fsp3) is 0.400. The number of thiazole rings is 1. The highest BCUT2D eigenvalue weighted by molar-refractivity contribution is 7.13. The Morgan fingerprint density at radius 2 is 2.26 bits per heavy atom. The fourth-order valence-corrected chi connectivity index (χ4v) is 3.30. The lowest BCUT2D eigenvalue weighted by atomic mass is 10.2. The van der Waals surface area contributed by atoms with E-state index < -0.39 is 0 Å². The van der Waals surface area contributed by atoms with Crippen LogP contribution < -0.4 is 10.2 Å². The zero-order valence-electron chi connectivity index (χ0n) is 11.2.